The molecular weight excluding hydrogens is 104 g/mol. The highest BCUT2D eigenvalue weighted by atomic mass is 16.5. The summed E-state index contributed by atoms with van der Waals surface area (Å²) in [5, 5.41) is 0. The SMILES string of the molecule is C[CH]OC(=O)/C=C/C. The molecule has 0 spiro atoms. The Labute approximate surface area is 49.1 Å². The van der Waals surface area contributed by atoms with Gasteiger partial charge in [-0.3, -0.25) is 0 Å². The molecule has 0 aliphatic carbocycles. The number of hydrogen-bond donors (Lipinski definition) is 0. The van der Waals surface area contributed by atoms with E-state index in [9.17, 15) is 4.79 Å². The van der Waals surface area contributed by atoms with Crippen LogP contribution < -0.4 is 0 Å². The first kappa shape index (κ1) is 7.21. The highest BCUT2D eigenvalue weighted by Gasteiger charge is 1.89. The quantitative estimate of drug-likeness (QED) is 0.398. The van der Waals surface area contributed by atoms with Crippen LogP contribution >= 0.6 is 0 Å². The fourth-order valence-corrected chi connectivity index (χ4v) is 0.292. The summed E-state index contributed by atoms with van der Waals surface area (Å²) in [5.74, 6) is -0.324. The van der Waals surface area contributed by atoms with Crippen LogP contribution in [0.1, 0.15) is 13.8 Å². The second kappa shape index (κ2) is 4.37. The van der Waals surface area contributed by atoms with Crippen LogP contribution in [0, 0.1) is 6.61 Å². The Morgan fingerprint density at radius 1 is 1.50 bits per heavy atom. The summed E-state index contributed by atoms with van der Waals surface area (Å²) in [6.45, 7) is 4.76. The molecule has 1 radical (unpaired) electrons. The number of ether oxygens (including phenoxy) is 1. The van der Waals surface area contributed by atoms with Gasteiger partial charge in [0, 0.05) is 6.08 Å². The minimum Gasteiger partial charge on any atom is -0.456 e. The molecule has 0 amide bonds. The summed E-state index contributed by atoms with van der Waals surface area (Å²) < 4.78 is 4.43. The van der Waals surface area contributed by atoms with E-state index >= 15 is 0 Å². The van der Waals surface area contributed by atoms with Crippen molar-refractivity contribution >= 4 is 5.97 Å². The summed E-state index contributed by atoms with van der Waals surface area (Å²) in [6, 6.07) is 0. The Morgan fingerprint density at radius 3 is 2.50 bits per heavy atom. The van der Waals surface area contributed by atoms with E-state index < -0.39 is 0 Å². The molecule has 0 unspecified atom stereocenters. The molecule has 0 aliphatic heterocycles. The van der Waals surface area contributed by atoms with Gasteiger partial charge in [-0.2, -0.15) is 0 Å². The van der Waals surface area contributed by atoms with E-state index in [-0.39, 0.29) is 5.97 Å². The van der Waals surface area contributed by atoms with E-state index in [4.69, 9.17) is 0 Å². The first-order valence-corrected chi connectivity index (χ1v) is 2.42. The largest absolute Gasteiger partial charge is 0.456 e. The van der Waals surface area contributed by atoms with Crippen LogP contribution in [-0.4, -0.2) is 5.97 Å². The number of rotatable bonds is 2. The van der Waals surface area contributed by atoms with Gasteiger partial charge >= 0.3 is 5.97 Å². The van der Waals surface area contributed by atoms with E-state index in [1.807, 2.05) is 0 Å². The van der Waals surface area contributed by atoms with E-state index in [2.05, 4.69) is 4.74 Å². The maximum Gasteiger partial charge on any atom is 0.330 e. The van der Waals surface area contributed by atoms with Crippen molar-refractivity contribution in [2.45, 2.75) is 13.8 Å². The lowest BCUT2D eigenvalue weighted by Crippen LogP contribution is -1.94. The van der Waals surface area contributed by atoms with Gasteiger partial charge in [0.05, 0.1) is 0 Å². The Balaban J connectivity index is 3.33. The zero-order chi connectivity index (χ0) is 6.41. The smallest absolute Gasteiger partial charge is 0.330 e. The van der Waals surface area contributed by atoms with E-state index in [0.29, 0.717) is 0 Å². The summed E-state index contributed by atoms with van der Waals surface area (Å²) in [6.07, 6.45) is 2.99. The number of esters is 1. The second-order valence-electron chi connectivity index (χ2n) is 1.17. The lowest BCUT2D eigenvalue weighted by molar-refractivity contribution is -0.134. The lowest BCUT2D eigenvalue weighted by atomic mass is 10.5. The minimum absolute atomic E-state index is 0.324. The number of carbonyl (C=O) groups excluding carboxylic acids is 1. The van der Waals surface area contributed by atoms with Crippen LogP contribution in [0.25, 0.3) is 0 Å². The summed E-state index contributed by atoms with van der Waals surface area (Å²) in [4.78, 5) is 10.3. The first-order chi connectivity index (χ1) is 3.81. The normalized spacial score (nSPS) is 9.75. The zero-order valence-corrected chi connectivity index (χ0v) is 5.05. The minimum atomic E-state index is -0.324. The summed E-state index contributed by atoms with van der Waals surface area (Å²) in [7, 11) is 0. The first-order valence-electron chi connectivity index (χ1n) is 2.42. The maximum atomic E-state index is 10.3. The molecule has 0 heterocycles. The lowest BCUT2D eigenvalue weighted by Gasteiger charge is -1.90. The Kier molecular flexibility index (Phi) is 3.94. The van der Waals surface area contributed by atoms with E-state index in [0.717, 1.165) is 0 Å². The van der Waals surface area contributed by atoms with Gasteiger partial charge in [0.25, 0.3) is 0 Å². The average molecular weight is 113 g/mol. The Morgan fingerprint density at radius 2 is 2.12 bits per heavy atom. The third-order valence-electron chi connectivity index (χ3n) is 0.537. The molecule has 8 heavy (non-hydrogen) atoms. The Bertz CT molecular complexity index is 94.7. The molecule has 0 N–H and O–H groups in total. The summed E-state index contributed by atoms with van der Waals surface area (Å²) in [5.41, 5.74) is 0. The van der Waals surface area contributed by atoms with Crippen molar-refractivity contribution in [2.24, 2.45) is 0 Å². The third-order valence-corrected chi connectivity index (χ3v) is 0.537. The Hall–Kier alpha value is -0.790. The van der Waals surface area contributed by atoms with Gasteiger partial charge < -0.3 is 4.74 Å². The van der Waals surface area contributed by atoms with Crippen molar-refractivity contribution in [3.63, 3.8) is 0 Å². The predicted molar refractivity (Wildman–Crippen MR) is 30.9 cm³/mol. The van der Waals surface area contributed by atoms with Gasteiger partial charge in [0.1, 0.15) is 6.61 Å². The fraction of sp³-hybridized carbons (Fsp3) is 0.333. The molecule has 0 aromatic rings. The van der Waals surface area contributed by atoms with Crippen LogP contribution in [0.15, 0.2) is 12.2 Å². The van der Waals surface area contributed by atoms with Gasteiger partial charge in [-0.05, 0) is 13.8 Å². The van der Waals surface area contributed by atoms with Gasteiger partial charge in [-0.25, -0.2) is 4.79 Å². The van der Waals surface area contributed by atoms with Gasteiger partial charge in [-0.1, -0.05) is 6.08 Å². The molecule has 0 rings (SSSR count). The number of hydrogen-bond acceptors (Lipinski definition) is 2. The molecule has 0 aromatic carbocycles. The molecule has 0 bridgehead atoms. The van der Waals surface area contributed by atoms with Crippen LogP contribution in [-0.2, 0) is 9.53 Å². The van der Waals surface area contributed by atoms with Crippen molar-refractivity contribution in [3.05, 3.63) is 18.8 Å². The van der Waals surface area contributed by atoms with Gasteiger partial charge in [0.2, 0.25) is 0 Å². The van der Waals surface area contributed by atoms with Crippen molar-refractivity contribution in [3.8, 4) is 0 Å². The molecule has 45 valence electrons. The van der Waals surface area contributed by atoms with Crippen molar-refractivity contribution in [2.75, 3.05) is 0 Å². The molecule has 2 heteroatoms. The molecule has 0 saturated heterocycles. The van der Waals surface area contributed by atoms with Gasteiger partial charge in [-0.15, -0.1) is 0 Å². The average Bonchev–Trinajstić information content (AvgIpc) is 1.68. The van der Waals surface area contributed by atoms with Crippen LogP contribution in [0.3, 0.4) is 0 Å². The topological polar surface area (TPSA) is 26.3 Å². The standard InChI is InChI=1S/C6H9O2/c1-3-5-6(7)8-4-2/h3-5H,1-2H3/b5-3+. The molecule has 2 nitrogen and oxygen atoms in total. The molecule has 0 atom stereocenters. The highest BCUT2D eigenvalue weighted by molar-refractivity contribution is 5.82. The molecule has 0 fully saturated rings. The number of carbonyl (C=O) groups is 1. The maximum absolute atomic E-state index is 10.3. The van der Waals surface area contributed by atoms with E-state index in [1.165, 1.54) is 12.7 Å². The molecular formula is C6H9O2. The van der Waals surface area contributed by atoms with Crippen LogP contribution in [0.5, 0.6) is 0 Å². The van der Waals surface area contributed by atoms with Crippen molar-refractivity contribution in [1.29, 1.82) is 0 Å². The fourth-order valence-electron chi connectivity index (χ4n) is 0.292. The monoisotopic (exact) mass is 113 g/mol. The molecule has 0 aromatic heterocycles. The number of allylic oxidation sites excluding steroid dienone is 1. The highest BCUT2D eigenvalue weighted by Crippen LogP contribution is 1.82. The second-order valence-corrected chi connectivity index (χ2v) is 1.17. The van der Waals surface area contributed by atoms with E-state index in [1.54, 1.807) is 19.9 Å². The van der Waals surface area contributed by atoms with Crippen molar-refractivity contribution < 1.29 is 9.53 Å². The van der Waals surface area contributed by atoms with Crippen LogP contribution in [0.4, 0.5) is 0 Å². The van der Waals surface area contributed by atoms with Crippen LogP contribution in [0.2, 0.25) is 0 Å². The zero-order valence-electron chi connectivity index (χ0n) is 5.05. The van der Waals surface area contributed by atoms with Gasteiger partial charge in [0.15, 0.2) is 0 Å². The molecule has 0 saturated carbocycles. The summed E-state index contributed by atoms with van der Waals surface area (Å²) >= 11 is 0. The predicted octanol–water partition coefficient (Wildman–Crippen LogP) is 1.29. The third kappa shape index (κ3) is 3.40. The van der Waals surface area contributed by atoms with Crippen molar-refractivity contribution in [1.82, 2.24) is 0 Å². The molecule has 0 aliphatic rings.